The number of esters is 1. The standard InChI is InChI=1S/C19H19N3O5S2/c1-13-5-7-15(8-6-13)9-11-29(24,25)20-12-17(23)26-14(2)18-21-22-19(27-18)16-4-3-10-28-16/h3-11,14,20H,12H2,1-2H3/b11-9+. The molecule has 0 saturated carbocycles. The van der Waals surface area contributed by atoms with Crippen LogP contribution in [0.4, 0.5) is 0 Å². The first kappa shape index (κ1) is 20.9. The second kappa shape index (κ2) is 9.12. The van der Waals surface area contributed by atoms with Crippen molar-refractivity contribution in [3.63, 3.8) is 0 Å². The monoisotopic (exact) mass is 433 g/mol. The summed E-state index contributed by atoms with van der Waals surface area (Å²) in [6, 6.07) is 11.0. The minimum atomic E-state index is -3.79. The summed E-state index contributed by atoms with van der Waals surface area (Å²) >= 11 is 1.44. The average Bonchev–Trinajstić information content (AvgIpc) is 3.37. The van der Waals surface area contributed by atoms with Crippen molar-refractivity contribution in [2.75, 3.05) is 6.54 Å². The van der Waals surface area contributed by atoms with Crippen LogP contribution in [0.3, 0.4) is 0 Å². The van der Waals surface area contributed by atoms with E-state index in [2.05, 4.69) is 14.9 Å². The Morgan fingerprint density at radius 1 is 1.28 bits per heavy atom. The number of carbonyl (C=O) groups is 1. The number of nitrogens with zero attached hydrogens (tertiary/aromatic N) is 2. The smallest absolute Gasteiger partial charge is 0.321 e. The molecular weight excluding hydrogens is 414 g/mol. The number of thiophene rings is 1. The van der Waals surface area contributed by atoms with Crippen molar-refractivity contribution in [1.29, 1.82) is 0 Å². The molecule has 0 aliphatic heterocycles. The molecular formula is C19H19N3O5S2. The van der Waals surface area contributed by atoms with Crippen LogP contribution in [0.5, 0.6) is 0 Å². The summed E-state index contributed by atoms with van der Waals surface area (Å²) in [4.78, 5) is 12.8. The zero-order valence-corrected chi connectivity index (χ0v) is 17.4. The predicted octanol–water partition coefficient (Wildman–Crippen LogP) is 3.30. The Hall–Kier alpha value is -2.82. The first-order valence-electron chi connectivity index (χ1n) is 8.63. The summed E-state index contributed by atoms with van der Waals surface area (Å²) < 4.78 is 36.9. The summed E-state index contributed by atoms with van der Waals surface area (Å²) in [7, 11) is -3.79. The zero-order chi connectivity index (χ0) is 20.9. The second-order valence-corrected chi connectivity index (χ2v) is 8.73. The van der Waals surface area contributed by atoms with Crippen molar-refractivity contribution in [2.24, 2.45) is 0 Å². The first-order valence-corrected chi connectivity index (χ1v) is 11.1. The van der Waals surface area contributed by atoms with Crippen LogP contribution in [0, 0.1) is 6.92 Å². The number of aromatic nitrogens is 2. The van der Waals surface area contributed by atoms with Gasteiger partial charge in [-0.05, 0) is 36.9 Å². The largest absolute Gasteiger partial charge is 0.452 e. The number of aryl methyl sites for hydroxylation is 1. The fourth-order valence-corrected chi connectivity index (χ4v) is 3.64. The summed E-state index contributed by atoms with van der Waals surface area (Å²) in [5, 5.41) is 10.7. The number of carbonyl (C=O) groups excluding carboxylic acids is 1. The third-order valence-electron chi connectivity index (χ3n) is 3.76. The number of benzene rings is 1. The summed E-state index contributed by atoms with van der Waals surface area (Å²) in [6.07, 6.45) is 0.636. The molecule has 1 aromatic carbocycles. The quantitative estimate of drug-likeness (QED) is 0.543. The highest BCUT2D eigenvalue weighted by molar-refractivity contribution is 7.92. The van der Waals surface area contributed by atoms with Crippen LogP contribution in [-0.2, 0) is 19.6 Å². The molecule has 2 aromatic heterocycles. The molecule has 0 aliphatic rings. The van der Waals surface area contributed by atoms with E-state index in [-0.39, 0.29) is 5.89 Å². The molecule has 0 fully saturated rings. The molecule has 10 heteroatoms. The lowest BCUT2D eigenvalue weighted by molar-refractivity contribution is -0.148. The third-order valence-corrected chi connectivity index (χ3v) is 5.66. The summed E-state index contributed by atoms with van der Waals surface area (Å²) in [5.41, 5.74) is 1.80. The number of hydrogen-bond acceptors (Lipinski definition) is 8. The van der Waals surface area contributed by atoms with Crippen molar-refractivity contribution in [3.8, 4) is 10.8 Å². The zero-order valence-electron chi connectivity index (χ0n) is 15.7. The maximum Gasteiger partial charge on any atom is 0.321 e. The number of hydrogen-bond donors (Lipinski definition) is 1. The molecule has 0 radical (unpaired) electrons. The van der Waals surface area contributed by atoms with Crippen LogP contribution >= 0.6 is 11.3 Å². The molecule has 0 amide bonds. The van der Waals surface area contributed by atoms with Gasteiger partial charge in [-0.25, -0.2) is 13.1 Å². The van der Waals surface area contributed by atoms with Gasteiger partial charge in [-0.2, -0.15) is 0 Å². The molecule has 0 spiro atoms. The molecule has 152 valence electrons. The van der Waals surface area contributed by atoms with E-state index >= 15 is 0 Å². The van der Waals surface area contributed by atoms with Crippen LogP contribution in [0.2, 0.25) is 0 Å². The SMILES string of the molecule is Cc1ccc(/C=C/S(=O)(=O)NCC(=O)OC(C)c2nnc(-c3cccs3)o2)cc1. The van der Waals surface area contributed by atoms with Gasteiger partial charge < -0.3 is 9.15 Å². The highest BCUT2D eigenvalue weighted by Crippen LogP contribution is 2.25. The molecule has 3 rings (SSSR count). The van der Waals surface area contributed by atoms with Gasteiger partial charge in [0.1, 0.15) is 6.54 Å². The lowest BCUT2D eigenvalue weighted by atomic mass is 10.2. The minimum absolute atomic E-state index is 0.129. The van der Waals surface area contributed by atoms with E-state index in [0.717, 1.165) is 21.4 Å². The second-order valence-electron chi connectivity index (χ2n) is 6.13. The minimum Gasteiger partial charge on any atom is -0.452 e. The van der Waals surface area contributed by atoms with Gasteiger partial charge in [-0.3, -0.25) is 4.79 Å². The van der Waals surface area contributed by atoms with E-state index in [1.54, 1.807) is 19.1 Å². The first-order chi connectivity index (χ1) is 13.8. The van der Waals surface area contributed by atoms with Crippen molar-refractivity contribution in [2.45, 2.75) is 20.0 Å². The summed E-state index contributed by atoms with van der Waals surface area (Å²) in [6.45, 7) is 2.99. The van der Waals surface area contributed by atoms with Crippen LogP contribution in [0.25, 0.3) is 16.8 Å². The molecule has 29 heavy (non-hydrogen) atoms. The molecule has 8 nitrogen and oxygen atoms in total. The van der Waals surface area contributed by atoms with Crippen molar-refractivity contribution >= 4 is 33.4 Å². The Morgan fingerprint density at radius 3 is 2.72 bits per heavy atom. The van der Waals surface area contributed by atoms with Gasteiger partial charge in [0.25, 0.3) is 11.8 Å². The topological polar surface area (TPSA) is 111 Å². The fraction of sp³-hybridized carbons (Fsp3) is 0.211. The maximum absolute atomic E-state index is 12.0. The third kappa shape index (κ3) is 6.08. The summed E-state index contributed by atoms with van der Waals surface area (Å²) in [5.74, 6) is -0.301. The number of nitrogens with one attached hydrogen (secondary N) is 1. The van der Waals surface area contributed by atoms with Crippen molar-refractivity contribution in [3.05, 3.63) is 64.2 Å². The Bertz CT molecular complexity index is 1090. The fourth-order valence-electron chi connectivity index (χ4n) is 2.24. The van der Waals surface area contributed by atoms with Crippen LogP contribution in [-0.4, -0.2) is 31.1 Å². The van der Waals surface area contributed by atoms with E-state index in [1.165, 1.54) is 17.4 Å². The normalized spacial score (nSPS) is 12.9. The average molecular weight is 434 g/mol. The predicted molar refractivity (Wildman–Crippen MR) is 109 cm³/mol. The van der Waals surface area contributed by atoms with Gasteiger partial charge in [-0.15, -0.1) is 21.5 Å². The Labute approximate surface area is 172 Å². The highest BCUT2D eigenvalue weighted by Gasteiger charge is 2.20. The lowest BCUT2D eigenvalue weighted by Gasteiger charge is -2.09. The molecule has 1 N–H and O–H groups in total. The van der Waals surface area contributed by atoms with Crippen molar-refractivity contribution in [1.82, 2.24) is 14.9 Å². The molecule has 0 bridgehead atoms. The van der Waals surface area contributed by atoms with E-state index in [0.29, 0.717) is 5.89 Å². The van der Waals surface area contributed by atoms with E-state index < -0.39 is 28.6 Å². The molecule has 3 aromatic rings. The van der Waals surface area contributed by atoms with Gasteiger partial charge >= 0.3 is 5.97 Å². The Morgan fingerprint density at radius 2 is 2.03 bits per heavy atom. The van der Waals surface area contributed by atoms with Gasteiger partial charge in [0.2, 0.25) is 10.0 Å². The van der Waals surface area contributed by atoms with Crippen LogP contribution < -0.4 is 4.72 Å². The number of ether oxygens (including phenoxy) is 1. The van der Waals surface area contributed by atoms with Crippen LogP contribution in [0.1, 0.15) is 30.0 Å². The van der Waals surface area contributed by atoms with E-state index in [1.807, 2.05) is 36.6 Å². The van der Waals surface area contributed by atoms with E-state index in [4.69, 9.17) is 9.15 Å². The van der Waals surface area contributed by atoms with Gasteiger partial charge in [-0.1, -0.05) is 35.9 Å². The molecule has 1 unspecified atom stereocenters. The molecule has 2 heterocycles. The van der Waals surface area contributed by atoms with Gasteiger partial charge in [0.15, 0.2) is 6.10 Å². The van der Waals surface area contributed by atoms with Gasteiger partial charge in [0.05, 0.1) is 4.88 Å². The number of rotatable bonds is 8. The Kier molecular flexibility index (Phi) is 6.57. The lowest BCUT2D eigenvalue weighted by Crippen LogP contribution is -2.29. The molecule has 0 aliphatic carbocycles. The highest BCUT2D eigenvalue weighted by atomic mass is 32.2. The van der Waals surface area contributed by atoms with Crippen molar-refractivity contribution < 1.29 is 22.4 Å². The molecule has 0 saturated heterocycles. The molecule has 1 atom stereocenters. The van der Waals surface area contributed by atoms with E-state index in [9.17, 15) is 13.2 Å². The van der Waals surface area contributed by atoms with Crippen LogP contribution in [0.15, 0.2) is 51.6 Å². The number of sulfonamides is 1. The van der Waals surface area contributed by atoms with Gasteiger partial charge in [0, 0.05) is 5.41 Å². The Balaban J connectivity index is 1.51. The maximum atomic E-state index is 12.0.